The summed E-state index contributed by atoms with van der Waals surface area (Å²) < 4.78 is 17.6. The lowest BCUT2D eigenvalue weighted by atomic mass is 10.0. The van der Waals surface area contributed by atoms with Crippen LogP contribution in [0.1, 0.15) is 35.6 Å². The summed E-state index contributed by atoms with van der Waals surface area (Å²) in [5.74, 6) is 7.38. The second kappa shape index (κ2) is 12.7. The first-order valence-corrected chi connectivity index (χ1v) is 12.0. The van der Waals surface area contributed by atoms with Gasteiger partial charge in [0, 0.05) is 35.7 Å². The summed E-state index contributed by atoms with van der Waals surface area (Å²) >= 11 is 0. The number of nitrogens with two attached hydrogens (primary N) is 2. The Balaban J connectivity index is 0.00000441. The van der Waals surface area contributed by atoms with Gasteiger partial charge in [-0.05, 0) is 42.3 Å². The van der Waals surface area contributed by atoms with E-state index in [0.29, 0.717) is 52.1 Å². The number of carbonyl (C=O) groups is 1. The number of nitrogen functional groups attached to an aromatic ring is 2. The standard InChI is InChI=1S/C28H27N5O6.ClH/c1-4-9-33-15-23(39-28(35)36)24(34)20-8-6-16(12-21(20)33)5-7-18-10-17(13-22(37-2)25(18)38-3)11-19-14-31-27(30)32-26(19)29;/h6,8,10,12-15H,4,9,11H2,1-3H3,(H,35,36)(H4,29,30,31,32);1H. The van der Waals surface area contributed by atoms with E-state index in [0.717, 1.165) is 12.0 Å². The molecule has 5 N–H and O–H groups in total. The molecule has 0 radical (unpaired) electrons. The summed E-state index contributed by atoms with van der Waals surface area (Å²) in [5, 5.41) is 9.32. The number of anilines is 2. The predicted octanol–water partition coefficient (Wildman–Crippen LogP) is 3.85. The van der Waals surface area contributed by atoms with Crippen molar-refractivity contribution in [1.82, 2.24) is 14.5 Å². The Kier molecular flexibility index (Phi) is 9.42. The van der Waals surface area contributed by atoms with E-state index >= 15 is 0 Å². The van der Waals surface area contributed by atoms with Gasteiger partial charge in [0.15, 0.2) is 17.2 Å². The molecule has 0 aliphatic rings. The number of rotatable bonds is 7. The van der Waals surface area contributed by atoms with Gasteiger partial charge in [-0.25, -0.2) is 9.78 Å². The van der Waals surface area contributed by atoms with Crippen molar-refractivity contribution in [2.24, 2.45) is 0 Å². The summed E-state index contributed by atoms with van der Waals surface area (Å²) in [6.07, 6.45) is 2.62. The van der Waals surface area contributed by atoms with E-state index in [-0.39, 0.29) is 29.9 Å². The van der Waals surface area contributed by atoms with Crippen LogP contribution in [0.25, 0.3) is 10.9 Å². The summed E-state index contributed by atoms with van der Waals surface area (Å²) in [4.78, 5) is 31.9. The Morgan fingerprint density at radius 2 is 1.88 bits per heavy atom. The smallest absolute Gasteiger partial charge is 0.493 e. The van der Waals surface area contributed by atoms with E-state index in [9.17, 15) is 9.59 Å². The molecule has 0 bridgehead atoms. The lowest BCUT2D eigenvalue weighted by Gasteiger charge is -2.13. The Morgan fingerprint density at radius 3 is 2.52 bits per heavy atom. The van der Waals surface area contributed by atoms with Gasteiger partial charge in [0.2, 0.25) is 11.4 Å². The minimum Gasteiger partial charge on any atom is -0.493 e. The maximum Gasteiger partial charge on any atom is 0.511 e. The molecule has 4 aromatic rings. The molecule has 4 rings (SSSR count). The third-order valence-electron chi connectivity index (χ3n) is 5.90. The fourth-order valence-corrected chi connectivity index (χ4v) is 4.18. The van der Waals surface area contributed by atoms with Crippen LogP contribution in [0.2, 0.25) is 0 Å². The van der Waals surface area contributed by atoms with Gasteiger partial charge in [0.05, 0.1) is 31.5 Å². The first-order valence-electron chi connectivity index (χ1n) is 12.0. The minimum absolute atomic E-state index is 0. The largest absolute Gasteiger partial charge is 0.511 e. The molecule has 208 valence electrons. The van der Waals surface area contributed by atoms with Crippen LogP contribution in [0.3, 0.4) is 0 Å². The molecule has 0 spiro atoms. The molecular formula is C28H28ClN5O6. The molecule has 0 atom stereocenters. The molecule has 0 fully saturated rings. The van der Waals surface area contributed by atoms with Gasteiger partial charge >= 0.3 is 6.16 Å². The van der Waals surface area contributed by atoms with Crippen LogP contribution < -0.4 is 31.1 Å². The highest BCUT2D eigenvalue weighted by Gasteiger charge is 2.15. The molecule has 2 heterocycles. The fraction of sp³-hybridized carbons (Fsp3) is 0.214. The molecule has 2 aromatic heterocycles. The lowest BCUT2D eigenvalue weighted by Crippen LogP contribution is -2.16. The number of ether oxygens (including phenoxy) is 3. The number of carboxylic acid groups (broad SMARTS) is 1. The lowest BCUT2D eigenvalue weighted by molar-refractivity contribution is 0.143. The van der Waals surface area contributed by atoms with Gasteiger partial charge in [-0.3, -0.25) is 4.79 Å². The van der Waals surface area contributed by atoms with E-state index in [1.54, 1.807) is 29.0 Å². The molecule has 0 amide bonds. The number of benzene rings is 2. The van der Waals surface area contributed by atoms with Crippen molar-refractivity contribution in [3.8, 4) is 29.1 Å². The summed E-state index contributed by atoms with van der Waals surface area (Å²) in [6, 6.07) is 8.78. The SMILES string of the molecule is CCCn1cc(OC(=O)O)c(=O)c2ccc(C#Cc3cc(Cc4cnc(N)nc4N)cc(OC)c3OC)cc21.Cl. The fourth-order valence-electron chi connectivity index (χ4n) is 4.18. The zero-order valence-corrected chi connectivity index (χ0v) is 22.9. The number of hydrogen-bond acceptors (Lipinski definition) is 9. The van der Waals surface area contributed by atoms with E-state index in [1.807, 2.05) is 19.1 Å². The molecular weight excluding hydrogens is 538 g/mol. The van der Waals surface area contributed by atoms with Crippen molar-refractivity contribution < 1.29 is 24.1 Å². The minimum atomic E-state index is -1.55. The van der Waals surface area contributed by atoms with Crippen LogP contribution in [-0.4, -0.2) is 40.0 Å². The van der Waals surface area contributed by atoms with Gasteiger partial charge < -0.3 is 35.4 Å². The van der Waals surface area contributed by atoms with Crippen LogP contribution in [0.4, 0.5) is 16.6 Å². The van der Waals surface area contributed by atoms with Crippen molar-refractivity contribution in [2.45, 2.75) is 26.3 Å². The zero-order valence-electron chi connectivity index (χ0n) is 22.1. The monoisotopic (exact) mass is 565 g/mol. The quantitative estimate of drug-likeness (QED) is 0.221. The van der Waals surface area contributed by atoms with E-state index in [2.05, 4.69) is 21.8 Å². The van der Waals surface area contributed by atoms with E-state index in [1.165, 1.54) is 20.4 Å². The zero-order chi connectivity index (χ0) is 28.1. The number of nitrogens with zero attached hydrogens (tertiary/aromatic N) is 3. The van der Waals surface area contributed by atoms with Gasteiger partial charge in [-0.1, -0.05) is 18.8 Å². The molecule has 11 nitrogen and oxygen atoms in total. The van der Waals surface area contributed by atoms with Crippen LogP contribution in [0.5, 0.6) is 17.2 Å². The van der Waals surface area contributed by atoms with Gasteiger partial charge in [0.1, 0.15) is 5.82 Å². The van der Waals surface area contributed by atoms with Crippen LogP contribution in [-0.2, 0) is 13.0 Å². The van der Waals surface area contributed by atoms with Crippen LogP contribution >= 0.6 is 12.4 Å². The van der Waals surface area contributed by atoms with Crippen molar-refractivity contribution in [1.29, 1.82) is 0 Å². The molecule has 0 saturated heterocycles. The number of pyridine rings is 1. The van der Waals surface area contributed by atoms with Gasteiger partial charge in [-0.2, -0.15) is 4.98 Å². The topological polar surface area (TPSA) is 165 Å². The second-order valence-electron chi connectivity index (χ2n) is 8.56. The maximum absolute atomic E-state index is 12.8. The molecule has 0 aliphatic heterocycles. The first-order chi connectivity index (χ1) is 18.7. The van der Waals surface area contributed by atoms with Gasteiger partial charge in [-0.15, -0.1) is 12.4 Å². The number of fused-ring (bicyclic) bond motifs is 1. The highest BCUT2D eigenvalue weighted by atomic mass is 35.5. The summed E-state index contributed by atoms with van der Waals surface area (Å²) in [7, 11) is 3.07. The number of hydrogen-bond donors (Lipinski definition) is 3. The third kappa shape index (κ3) is 6.36. The molecule has 40 heavy (non-hydrogen) atoms. The number of aryl methyl sites for hydroxylation is 1. The van der Waals surface area contributed by atoms with Crippen molar-refractivity contribution in [3.05, 3.63) is 75.2 Å². The second-order valence-corrected chi connectivity index (χ2v) is 8.56. The van der Waals surface area contributed by atoms with Crippen LogP contribution in [0.15, 0.2) is 47.5 Å². The molecule has 0 unspecified atom stereocenters. The maximum atomic E-state index is 12.8. The average Bonchev–Trinajstić information content (AvgIpc) is 2.91. The van der Waals surface area contributed by atoms with Crippen LogP contribution in [0, 0.1) is 11.8 Å². The Labute approximate surface area is 236 Å². The van der Waals surface area contributed by atoms with Gasteiger partial charge in [0.25, 0.3) is 0 Å². The Bertz CT molecular complexity index is 1690. The normalized spacial score (nSPS) is 10.3. The molecule has 2 aromatic carbocycles. The van der Waals surface area contributed by atoms with E-state index < -0.39 is 11.6 Å². The summed E-state index contributed by atoms with van der Waals surface area (Å²) in [5.41, 5.74) is 14.5. The molecule has 0 saturated carbocycles. The highest BCUT2D eigenvalue weighted by molar-refractivity contribution is 5.85. The summed E-state index contributed by atoms with van der Waals surface area (Å²) in [6.45, 7) is 2.52. The molecule has 0 aliphatic carbocycles. The molecule has 12 heteroatoms. The average molecular weight is 566 g/mol. The number of halogens is 1. The van der Waals surface area contributed by atoms with Crippen molar-refractivity contribution in [3.63, 3.8) is 0 Å². The Morgan fingerprint density at radius 1 is 1.10 bits per heavy atom. The van der Waals surface area contributed by atoms with Crippen molar-refractivity contribution in [2.75, 3.05) is 25.7 Å². The highest BCUT2D eigenvalue weighted by Crippen LogP contribution is 2.33. The number of methoxy groups -OCH3 is 2. The van der Waals surface area contributed by atoms with E-state index in [4.69, 9.17) is 30.8 Å². The first kappa shape index (κ1) is 29.6. The predicted molar refractivity (Wildman–Crippen MR) is 154 cm³/mol. The number of aromatic nitrogens is 3. The third-order valence-corrected chi connectivity index (χ3v) is 5.90. The Hall–Kier alpha value is -4.95. The van der Waals surface area contributed by atoms with Crippen molar-refractivity contribution >= 4 is 41.2 Å².